The number of carbonyl (C=O) groups excluding carboxylic acids is 1. The minimum absolute atomic E-state index is 0.289. The molecular formula is C12H19ClO2. The number of hydrogen-bond donors (Lipinski definition) is 0. The topological polar surface area (TPSA) is 26.3 Å². The van der Waals surface area contributed by atoms with Crippen LogP contribution < -0.4 is 0 Å². The molecule has 0 bridgehead atoms. The summed E-state index contributed by atoms with van der Waals surface area (Å²) in [5, 5.41) is 0. The van der Waals surface area contributed by atoms with Gasteiger partial charge < -0.3 is 4.74 Å². The summed E-state index contributed by atoms with van der Waals surface area (Å²) in [6.45, 7) is 9.07. The molecule has 0 aliphatic heterocycles. The zero-order valence-electron chi connectivity index (χ0n) is 9.68. The molecule has 2 nitrogen and oxygen atoms in total. The third-order valence-corrected chi connectivity index (χ3v) is 2.20. The number of allylic oxidation sites excluding steroid dienone is 1. The molecule has 0 saturated carbocycles. The molecule has 0 amide bonds. The number of carbonyl (C=O) groups is 1. The number of hydrogen-bond acceptors (Lipinski definition) is 2. The summed E-state index contributed by atoms with van der Waals surface area (Å²) in [4.78, 5) is 10.9. The second-order valence-electron chi connectivity index (χ2n) is 4.01. The van der Waals surface area contributed by atoms with E-state index in [4.69, 9.17) is 16.3 Å². The Morgan fingerprint density at radius 3 is 2.53 bits per heavy atom. The Hall–Kier alpha value is -0.760. The molecule has 0 aromatic heterocycles. The summed E-state index contributed by atoms with van der Waals surface area (Å²) in [5.74, 6) is -0.289. The van der Waals surface area contributed by atoms with E-state index in [2.05, 4.69) is 6.58 Å². The minimum atomic E-state index is -0.594. The summed E-state index contributed by atoms with van der Waals surface area (Å²) < 4.78 is 5.22. The van der Waals surface area contributed by atoms with Crippen LogP contribution in [0.1, 0.15) is 40.0 Å². The van der Waals surface area contributed by atoms with Crippen molar-refractivity contribution in [2.45, 2.75) is 45.6 Å². The van der Waals surface area contributed by atoms with E-state index in [0.29, 0.717) is 0 Å². The van der Waals surface area contributed by atoms with E-state index >= 15 is 0 Å². The fourth-order valence-corrected chi connectivity index (χ4v) is 1.64. The second-order valence-corrected chi connectivity index (χ2v) is 4.26. The highest BCUT2D eigenvalue weighted by Crippen LogP contribution is 2.22. The van der Waals surface area contributed by atoms with Crippen molar-refractivity contribution in [2.75, 3.05) is 0 Å². The Labute approximate surface area is 97.0 Å². The Morgan fingerprint density at radius 2 is 2.13 bits per heavy atom. The van der Waals surface area contributed by atoms with E-state index < -0.39 is 5.60 Å². The highest BCUT2D eigenvalue weighted by Gasteiger charge is 2.23. The molecule has 86 valence electrons. The first-order valence-electron chi connectivity index (χ1n) is 5.01. The largest absolute Gasteiger partial charge is 0.455 e. The molecule has 0 aliphatic carbocycles. The van der Waals surface area contributed by atoms with Crippen LogP contribution in [0.4, 0.5) is 0 Å². The van der Waals surface area contributed by atoms with E-state index in [1.54, 1.807) is 6.08 Å². The van der Waals surface area contributed by atoms with Crippen LogP contribution in [-0.2, 0) is 9.53 Å². The molecule has 0 rings (SSSR count). The van der Waals surface area contributed by atoms with Crippen LogP contribution in [0.3, 0.4) is 0 Å². The fraction of sp³-hybridized carbons (Fsp3) is 0.583. The zero-order chi connectivity index (χ0) is 11.9. The Bertz CT molecular complexity index is 258. The first-order valence-corrected chi connectivity index (χ1v) is 5.45. The Kier molecular flexibility index (Phi) is 6.34. The summed E-state index contributed by atoms with van der Waals surface area (Å²) in [6, 6.07) is 0. The zero-order valence-corrected chi connectivity index (χ0v) is 10.4. The van der Waals surface area contributed by atoms with E-state index in [0.717, 1.165) is 24.8 Å². The molecule has 0 spiro atoms. The highest BCUT2D eigenvalue weighted by atomic mass is 35.5. The molecule has 0 saturated heterocycles. The van der Waals surface area contributed by atoms with Crippen molar-refractivity contribution in [1.82, 2.24) is 0 Å². The quantitative estimate of drug-likeness (QED) is 0.512. The van der Waals surface area contributed by atoms with Gasteiger partial charge in [0.1, 0.15) is 5.60 Å². The summed E-state index contributed by atoms with van der Waals surface area (Å²) >= 11 is 5.52. The summed E-state index contributed by atoms with van der Waals surface area (Å²) in [6.07, 6.45) is 4.32. The van der Waals surface area contributed by atoms with Crippen LogP contribution in [0.15, 0.2) is 23.8 Å². The van der Waals surface area contributed by atoms with Crippen LogP contribution in [0.2, 0.25) is 0 Å². The van der Waals surface area contributed by atoms with Gasteiger partial charge in [-0.1, -0.05) is 17.2 Å². The van der Waals surface area contributed by atoms with Gasteiger partial charge in [0.15, 0.2) is 0 Å². The van der Waals surface area contributed by atoms with Gasteiger partial charge in [0.25, 0.3) is 0 Å². The molecule has 0 N–H and O–H groups in total. The lowest BCUT2D eigenvalue weighted by Crippen LogP contribution is -2.28. The van der Waals surface area contributed by atoms with Gasteiger partial charge in [-0.3, -0.25) is 4.79 Å². The van der Waals surface area contributed by atoms with Crippen LogP contribution >= 0.6 is 11.6 Å². The SMILES string of the molecule is C=C(C)CCCC(C)(C=CCl)OC(C)=O. The third kappa shape index (κ3) is 7.20. The van der Waals surface area contributed by atoms with Gasteiger partial charge in [0.05, 0.1) is 0 Å². The average Bonchev–Trinajstić information content (AvgIpc) is 2.01. The lowest BCUT2D eigenvalue weighted by Gasteiger charge is -2.25. The van der Waals surface area contributed by atoms with Gasteiger partial charge in [0, 0.05) is 12.5 Å². The van der Waals surface area contributed by atoms with Gasteiger partial charge in [0.2, 0.25) is 0 Å². The normalized spacial score (nSPS) is 14.9. The maximum Gasteiger partial charge on any atom is 0.303 e. The van der Waals surface area contributed by atoms with Crippen LogP contribution in [0, 0.1) is 0 Å². The highest BCUT2D eigenvalue weighted by molar-refractivity contribution is 6.25. The molecule has 0 aromatic rings. The standard InChI is InChI=1S/C12H19ClO2/c1-10(2)6-5-7-12(4,8-9-13)15-11(3)14/h8-9H,1,5-7H2,2-4H3. The van der Waals surface area contributed by atoms with Gasteiger partial charge in [-0.05, 0) is 39.2 Å². The number of halogens is 1. The molecule has 0 heterocycles. The van der Waals surface area contributed by atoms with E-state index in [1.165, 1.54) is 12.5 Å². The lowest BCUT2D eigenvalue weighted by atomic mass is 9.97. The molecule has 3 heteroatoms. The molecule has 0 radical (unpaired) electrons. The van der Waals surface area contributed by atoms with Crippen molar-refractivity contribution in [1.29, 1.82) is 0 Å². The predicted molar refractivity (Wildman–Crippen MR) is 63.8 cm³/mol. The summed E-state index contributed by atoms with van der Waals surface area (Å²) in [7, 11) is 0. The first kappa shape index (κ1) is 14.2. The average molecular weight is 231 g/mol. The molecule has 1 unspecified atom stereocenters. The van der Waals surface area contributed by atoms with Gasteiger partial charge in [-0.2, -0.15) is 0 Å². The minimum Gasteiger partial charge on any atom is -0.455 e. The van der Waals surface area contributed by atoms with Gasteiger partial charge in [-0.15, -0.1) is 6.58 Å². The molecule has 15 heavy (non-hydrogen) atoms. The first-order chi connectivity index (χ1) is 6.89. The maximum atomic E-state index is 10.9. The fourth-order valence-electron chi connectivity index (χ4n) is 1.37. The molecule has 0 fully saturated rings. The molecule has 0 aromatic carbocycles. The molecular weight excluding hydrogens is 212 g/mol. The molecule has 0 aliphatic rings. The lowest BCUT2D eigenvalue weighted by molar-refractivity contribution is -0.151. The summed E-state index contributed by atoms with van der Waals surface area (Å²) in [5.41, 5.74) is 1.93. The van der Waals surface area contributed by atoms with Crippen molar-refractivity contribution in [3.8, 4) is 0 Å². The third-order valence-electron chi connectivity index (χ3n) is 2.07. The van der Waals surface area contributed by atoms with Crippen LogP contribution in [0.25, 0.3) is 0 Å². The molecule has 1 atom stereocenters. The number of esters is 1. The predicted octanol–water partition coefficient (Wildman–Crippen LogP) is 3.81. The van der Waals surface area contributed by atoms with Crippen molar-refractivity contribution in [3.05, 3.63) is 23.8 Å². The van der Waals surface area contributed by atoms with E-state index in [1.807, 2.05) is 13.8 Å². The van der Waals surface area contributed by atoms with E-state index in [-0.39, 0.29) is 5.97 Å². The van der Waals surface area contributed by atoms with Crippen molar-refractivity contribution < 1.29 is 9.53 Å². The maximum absolute atomic E-state index is 10.9. The van der Waals surface area contributed by atoms with Gasteiger partial charge in [-0.25, -0.2) is 0 Å². The van der Waals surface area contributed by atoms with E-state index in [9.17, 15) is 4.79 Å². The second kappa shape index (κ2) is 6.67. The van der Waals surface area contributed by atoms with Crippen LogP contribution in [0.5, 0.6) is 0 Å². The smallest absolute Gasteiger partial charge is 0.303 e. The van der Waals surface area contributed by atoms with Crippen molar-refractivity contribution >= 4 is 17.6 Å². The Morgan fingerprint density at radius 1 is 1.53 bits per heavy atom. The number of rotatable bonds is 6. The monoisotopic (exact) mass is 230 g/mol. The van der Waals surface area contributed by atoms with Gasteiger partial charge >= 0.3 is 5.97 Å². The van der Waals surface area contributed by atoms with Crippen molar-refractivity contribution in [2.24, 2.45) is 0 Å². The Balaban J connectivity index is 4.24. The van der Waals surface area contributed by atoms with Crippen LogP contribution in [-0.4, -0.2) is 11.6 Å². The number of ether oxygens (including phenoxy) is 1. The van der Waals surface area contributed by atoms with Crippen molar-refractivity contribution in [3.63, 3.8) is 0 Å².